The topological polar surface area (TPSA) is 61.6 Å². The van der Waals surface area contributed by atoms with Gasteiger partial charge in [-0.2, -0.15) is 0 Å². The van der Waals surface area contributed by atoms with E-state index in [0.717, 1.165) is 25.9 Å². The normalized spacial score (nSPS) is 25.7. The highest BCUT2D eigenvalue weighted by Crippen LogP contribution is 2.13. The van der Waals surface area contributed by atoms with Gasteiger partial charge in [0.05, 0.1) is 12.0 Å². The zero-order valence-corrected chi connectivity index (χ0v) is 9.57. The second-order valence-corrected chi connectivity index (χ2v) is 4.27. The van der Waals surface area contributed by atoms with Crippen LogP contribution in [0.15, 0.2) is 0 Å². The second kappa shape index (κ2) is 6.08. The van der Waals surface area contributed by atoms with Gasteiger partial charge < -0.3 is 15.2 Å². The fourth-order valence-electron chi connectivity index (χ4n) is 1.46. The van der Waals surface area contributed by atoms with Gasteiger partial charge in [0.25, 0.3) is 0 Å². The predicted molar refractivity (Wildman–Crippen MR) is 57.4 cm³/mol. The average molecular weight is 215 g/mol. The number of esters is 1. The summed E-state index contributed by atoms with van der Waals surface area (Å²) in [5.74, 6) is -0.465. The maximum absolute atomic E-state index is 11.5. The molecule has 3 atom stereocenters. The van der Waals surface area contributed by atoms with E-state index in [4.69, 9.17) is 15.2 Å². The van der Waals surface area contributed by atoms with Crippen molar-refractivity contribution in [2.45, 2.75) is 45.3 Å². The van der Waals surface area contributed by atoms with Crippen LogP contribution in [0.1, 0.15) is 33.1 Å². The first-order valence-corrected chi connectivity index (χ1v) is 5.65. The summed E-state index contributed by atoms with van der Waals surface area (Å²) in [6.07, 6.45) is 3.34. The zero-order chi connectivity index (χ0) is 11.3. The molecular weight excluding hydrogens is 194 g/mol. The lowest BCUT2D eigenvalue weighted by molar-refractivity contribution is -0.153. The summed E-state index contributed by atoms with van der Waals surface area (Å²) in [6.45, 7) is 4.75. The highest BCUT2D eigenvalue weighted by molar-refractivity contribution is 5.72. The monoisotopic (exact) mass is 215 g/mol. The zero-order valence-electron chi connectivity index (χ0n) is 9.57. The molecule has 0 bridgehead atoms. The minimum atomic E-state index is -0.242. The Morgan fingerprint density at radius 3 is 2.80 bits per heavy atom. The van der Waals surface area contributed by atoms with E-state index >= 15 is 0 Å². The van der Waals surface area contributed by atoms with Crippen molar-refractivity contribution in [3.8, 4) is 0 Å². The molecule has 1 aliphatic heterocycles. The number of carbonyl (C=O) groups excluding carboxylic acids is 1. The van der Waals surface area contributed by atoms with E-state index in [2.05, 4.69) is 0 Å². The molecule has 0 aromatic heterocycles. The van der Waals surface area contributed by atoms with Crippen molar-refractivity contribution in [3.63, 3.8) is 0 Å². The summed E-state index contributed by atoms with van der Waals surface area (Å²) < 4.78 is 10.6. The molecule has 2 N–H and O–H groups in total. The molecule has 1 saturated heterocycles. The Labute approximate surface area is 91.1 Å². The van der Waals surface area contributed by atoms with Crippen LogP contribution in [-0.2, 0) is 14.3 Å². The lowest BCUT2D eigenvalue weighted by atomic mass is 10.1. The van der Waals surface area contributed by atoms with Gasteiger partial charge in [0.2, 0.25) is 0 Å². The van der Waals surface area contributed by atoms with Gasteiger partial charge in [-0.1, -0.05) is 6.92 Å². The van der Waals surface area contributed by atoms with Crippen LogP contribution in [0.25, 0.3) is 0 Å². The third kappa shape index (κ3) is 4.18. The highest BCUT2D eigenvalue weighted by Gasteiger charge is 2.21. The van der Waals surface area contributed by atoms with E-state index < -0.39 is 0 Å². The standard InChI is InChI=1S/C11H21NO3/c1-8(9(2)12)11(13)15-7-10-5-3-4-6-14-10/h8-10H,3-7,12H2,1-2H3. The van der Waals surface area contributed by atoms with Crippen LogP contribution in [0.3, 0.4) is 0 Å². The molecule has 0 aromatic carbocycles. The third-order valence-electron chi connectivity index (χ3n) is 2.85. The Kier molecular flexibility index (Phi) is 5.05. The summed E-state index contributed by atoms with van der Waals surface area (Å²) in [5, 5.41) is 0. The Balaban J connectivity index is 2.20. The SMILES string of the molecule is CC(N)C(C)C(=O)OCC1CCCCO1. The van der Waals surface area contributed by atoms with Crippen molar-refractivity contribution < 1.29 is 14.3 Å². The summed E-state index contributed by atoms with van der Waals surface area (Å²) in [6, 6.07) is -0.162. The van der Waals surface area contributed by atoms with Gasteiger partial charge in [0.15, 0.2) is 0 Å². The molecule has 1 aliphatic rings. The van der Waals surface area contributed by atoms with Gasteiger partial charge in [-0.15, -0.1) is 0 Å². The number of ether oxygens (including phenoxy) is 2. The van der Waals surface area contributed by atoms with Crippen LogP contribution >= 0.6 is 0 Å². The van der Waals surface area contributed by atoms with Gasteiger partial charge >= 0.3 is 5.97 Å². The molecule has 1 fully saturated rings. The van der Waals surface area contributed by atoms with Crippen LogP contribution < -0.4 is 5.73 Å². The molecule has 1 rings (SSSR count). The van der Waals surface area contributed by atoms with Crippen molar-refractivity contribution in [1.29, 1.82) is 0 Å². The minimum Gasteiger partial charge on any atom is -0.463 e. The molecule has 15 heavy (non-hydrogen) atoms. The largest absolute Gasteiger partial charge is 0.463 e. The van der Waals surface area contributed by atoms with Gasteiger partial charge in [0, 0.05) is 12.6 Å². The van der Waals surface area contributed by atoms with E-state index in [-0.39, 0.29) is 24.0 Å². The highest BCUT2D eigenvalue weighted by atomic mass is 16.6. The molecular formula is C11H21NO3. The van der Waals surface area contributed by atoms with Gasteiger partial charge in [-0.3, -0.25) is 4.79 Å². The summed E-state index contributed by atoms with van der Waals surface area (Å²) in [7, 11) is 0. The van der Waals surface area contributed by atoms with Crippen LogP contribution in [-0.4, -0.2) is 31.3 Å². The first-order valence-electron chi connectivity index (χ1n) is 5.65. The second-order valence-electron chi connectivity index (χ2n) is 4.27. The van der Waals surface area contributed by atoms with E-state index in [1.165, 1.54) is 0 Å². The molecule has 4 nitrogen and oxygen atoms in total. The molecule has 0 aliphatic carbocycles. The van der Waals surface area contributed by atoms with E-state index in [0.29, 0.717) is 6.61 Å². The lowest BCUT2D eigenvalue weighted by Crippen LogP contribution is -2.34. The van der Waals surface area contributed by atoms with Crippen LogP contribution in [0.5, 0.6) is 0 Å². The van der Waals surface area contributed by atoms with Gasteiger partial charge in [-0.25, -0.2) is 0 Å². The average Bonchev–Trinajstić information content (AvgIpc) is 2.26. The van der Waals surface area contributed by atoms with Crippen molar-refractivity contribution in [2.24, 2.45) is 11.7 Å². The molecule has 4 heteroatoms. The number of carbonyl (C=O) groups is 1. The smallest absolute Gasteiger partial charge is 0.310 e. The van der Waals surface area contributed by atoms with Gasteiger partial charge in [0.1, 0.15) is 6.61 Å². The fourth-order valence-corrected chi connectivity index (χ4v) is 1.46. The van der Waals surface area contributed by atoms with E-state index in [9.17, 15) is 4.79 Å². The quantitative estimate of drug-likeness (QED) is 0.713. The first-order chi connectivity index (χ1) is 7.11. The Bertz CT molecular complexity index is 200. The Morgan fingerprint density at radius 1 is 1.53 bits per heavy atom. The number of nitrogens with two attached hydrogens (primary N) is 1. The number of hydrogen-bond donors (Lipinski definition) is 1. The maximum atomic E-state index is 11.5. The molecule has 0 saturated carbocycles. The molecule has 0 amide bonds. The van der Waals surface area contributed by atoms with Crippen molar-refractivity contribution in [1.82, 2.24) is 0 Å². The van der Waals surface area contributed by atoms with Crippen LogP contribution in [0, 0.1) is 5.92 Å². The van der Waals surface area contributed by atoms with Gasteiger partial charge in [-0.05, 0) is 26.2 Å². The summed E-state index contributed by atoms with van der Waals surface area (Å²) in [4.78, 5) is 11.5. The fraction of sp³-hybridized carbons (Fsp3) is 0.909. The molecule has 0 radical (unpaired) electrons. The molecule has 1 heterocycles. The molecule has 0 spiro atoms. The molecule has 0 aromatic rings. The first kappa shape index (κ1) is 12.5. The Morgan fingerprint density at radius 2 is 2.27 bits per heavy atom. The van der Waals surface area contributed by atoms with Crippen LogP contribution in [0.4, 0.5) is 0 Å². The number of hydrogen-bond acceptors (Lipinski definition) is 4. The predicted octanol–water partition coefficient (Wildman–Crippen LogP) is 1.08. The maximum Gasteiger partial charge on any atom is 0.310 e. The third-order valence-corrected chi connectivity index (χ3v) is 2.85. The molecule has 88 valence electrons. The Hall–Kier alpha value is -0.610. The molecule has 3 unspecified atom stereocenters. The van der Waals surface area contributed by atoms with Crippen molar-refractivity contribution in [2.75, 3.05) is 13.2 Å². The van der Waals surface area contributed by atoms with E-state index in [1.54, 1.807) is 6.92 Å². The summed E-state index contributed by atoms with van der Waals surface area (Å²) >= 11 is 0. The minimum absolute atomic E-state index is 0.0861. The summed E-state index contributed by atoms with van der Waals surface area (Å²) in [5.41, 5.74) is 5.61. The van der Waals surface area contributed by atoms with Crippen molar-refractivity contribution >= 4 is 5.97 Å². The number of rotatable bonds is 4. The van der Waals surface area contributed by atoms with Crippen LogP contribution in [0.2, 0.25) is 0 Å². The van der Waals surface area contributed by atoms with Crippen molar-refractivity contribution in [3.05, 3.63) is 0 Å². The lowest BCUT2D eigenvalue weighted by Gasteiger charge is -2.23. The van der Waals surface area contributed by atoms with E-state index in [1.807, 2.05) is 6.92 Å².